The van der Waals surface area contributed by atoms with Crippen LogP contribution in [-0.4, -0.2) is 20.2 Å². The first-order chi connectivity index (χ1) is 7.60. The van der Waals surface area contributed by atoms with Gasteiger partial charge in [-0.2, -0.15) is 5.48 Å². The maximum absolute atomic E-state index is 13.5. The average molecular weight is 227 g/mol. The monoisotopic (exact) mass is 227 g/mol. The summed E-state index contributed by atoms with van der Waals surface area (Å²) in [5.41, 5.74) is 3.78. The number of methoxy groups -OCH3 is 1. The van der Waals surface area contributed by atoms with Crippen molar-refractivity contribution in [1.82, 2.24) is 5.48 Å². The van der Waals surface area contributed by atoms with E-state index in [9.17, 15) is 9.18 Å². The van der Waals surface area contributed by atoms with Gasteiger partial charge in [-0.15, -0.1) is 0 Å². The smallest absolute Gasteiger partial charge is 0.338 e. The van der Waals surface area contributed by atoms with Crippen molar-refractivity contribution in [3.63, 3.8) is 0 Å². The summed E-state index contributed by atoms with van der Waals surface area (Å²) < 4.78 is 18.1. The fraction of sp³-hybridized carbons (Fsp3) is 0.364. The number of hydroxylamine groups is 1. The van der Waals surface area contributed by atoms with Crippen LogP contribution >= 0.6 is 0 Å². The van der Waals surface area contributed by atoms with Gasteiger partial charge >= 0.3 is 5.97 Å². The first kappa shape index (κ1) is 12.6. The van der Waals surface area contributed by atoms with Crippen molar-refractivity contribution in [3.8, 4) is 0 Å². The van der Waals surface area contributed by atoms with Crippen LogP contribution in [0.3, 0.4) is 0 Å². The molecule has 88 valence electrons. The maximum atomic E-state index is 13.5. The summed E-state index contributed by atoms with van der Waals surface area (Å²) in [7, 11) is 2.73. The Morgan fingerprint density at radius 1 is 1.44 bits per heavy atom. The lowest BCUT2D eigenvalue weighted by atomic mass is 10.0. The molecule has 16 heavy (non-hydrogen) atoms. The number of ether oxygens (including phenoxy) is 1. The second-order valence-corrected chi connectivity index (χ2v) is 3.28. The lowest BCUT2D eigenvalue weighted by molar-refractivity contribution is 0.0599. The van der Waals surface area contributed by atoms with Gasteiger partial charge in [-0.3, -0.25) is 0 Å². The van der Waals surface area contributed by atoms with Gasteiger partial charge in [-0.05, 0) is 24.6 Å². The van der Waals surface area contributed by atoms with Gasteiger partial charge in [0.15, 0.2) is 0 Å². The molecule has 0 amide bonds. The Kier molecular flexibility index (Phi) is 4.39. The molecule has 0 aliphatic rings. The molecular weight excluding hydrogens is 213 g/mol. The minimum absolute atomic E-state index is 0.187. The standard InChI is InChI=1S/C11H14FNO3/c1-7-4-10(12)8(6-13-16-3)5-9(7)11(14)15-2/h4-5,13H,6H2,1-3H3. The molecule has 0 saturated carbocycles. The second kappa shape index (κ2) is 5.58. The summed E-state index contributed by atoms with van der Waals surface area (Å²) in [6.07, 6.45) is 0. The van der Waals surface area contributed by atoms with E-state index in [2.05, 4.69) is 15.1 Å². The van der Waals surface area contributed by atoms with E-state index in [1.807, 2.05) is 0 Å². The number of nitrogens with one attached hydrogen (secondary N) is 1. The number of esters is 1. The number of carbonyl (C=O) groups excluding carboxylic acids is 1. The first-order valence-corrected chi connectivity index (χ1v) is 4.73. The molecule has 0 spiro atoms. The van der Waals surface area contributed by atoms with E-state index in [4.69, 9.17) is 0 Å². The van der Waals surface area contributed by atoms with Crippen LogP contribution in [0.4, 0.5) is 4.39 Å². The number of aryl methyl sites for hydroxylation is 1. The summed E-state index contributed by atoms with van der Waals surface area (Å²) in [4.78, 5) is 16.0. The number of hydrogen-bond donors (Lipinski definition) is 1. The van der Waals surface area contributed by atoms with Gasteiger partial charge in [0.05, 0.1) is 19.8 Å². The molecule has 1 aromatic rings. The SMILES string of the molecule is CONCc1cc(C(=O)OC)c(C)cc1F. The third-order valence-electron chi connectivity index (χ3n) is 2.21. The van der Waals surface area contributed by atoms with Crippen LogP contribution in [0, 0.1) is 12.7 Å². The molecule has 1 N–H and O–H groups in total. The van der Waals surface area contributed by atoms with Crippen molar-refractivity contribution in [3.05, 3.63) is 34.6 Å². The van der Waals surface area contributed by atoms with Crippen LogP contribution in [0.25, 0.3) is 0 Å². The molecule has 4 nitrogen and oxygen atoms in total. The Bertz CT molecular complexity index is 393. The van der Waals surface area contributed by atoms with E-state index < -0.39 is 5.97 Å². The minimum atomic E-state index is -0.476. The van der Waals surface area contributed by atoms with Crippen LogP contribution in [0.5, 0.6) is 0 Å². The van der Waals surface area contributed by atoms with E-state index in [-0.39, 0.29) is 12.4 Å². The van der Waals surface area contributed by atoms with E-state index in [0.717, 1.165) is 0 Å². The fourth-order valence-electron chi connectivity index (χ4n) is 1.33. The molecule has 0 aliphatic carbocycles. The Morgan fingerprint density at radius 3 is 2.69 bits per heavy atom. The Hall–Kier alpha value is -1.46. The van der Waals surface area contributed by atoms with E-state index in [1.165, 1.54) is 26.4 Å². The van der Waals surface area contributed by atoms with E-state index >= 15 is 0 Å². The minimum Gasteiger partial charge on any atom is -0.465 e. The van der Waals surface area contributed by atoms with E-state index in [0.29, 0.717) is 16.7 Å². The molecule has 0 saturated heterocycles. The number of hydrogen-bond acceptors (Lipinski definition) is 4. The topological polar surface area (TPSA) is 47.6 Å². The zero-order valence-electron chi connectivity index (χ0n) is 9.46. The molecule has 0 fully saturated rings. The molecular formula is C11H14FNO3. The Balaban J connectivity index is 3.06. The van der Waals surface area contributed by atoms with Gasteiger partial charge in [0.1, 0.15) is 5.82 Å². The van der Waals surface area contributed by atoms with Crippen LogP contribution in [0.1, 0.15) is 21.5 Å². The van der Waals surface area contributed by atoms with Crippen molar-refractivity contribution in [2.75, 3.05) is 14.2 Å². The largest absolute Gasteiger partial charge is 0.465 e. The van der Waals surface area contributed by atoms with Crippen molar-refractivity contribution in [1.29, 1.82) is 0 Å². The summed E-state index contributed by atoms with van der Waals surface area (Å²) in [6.45, 7) is 1.84. The van der Waals surface area contributed by atoms with Gasteiger partial charge in [0.25, 0.3) is 0 Å². The zero-order valence-corrected chi connectivity index (χ0v) is 9.46. The first-order valence-electron chi connectivity index (χ1n) is 4.73. The highest BCUT2D eigenvalue weighted by Gasteiger charge is 2.13. The third kappa shape index (κ3) is 2.77. The van der Waals surface area contributed by atoms with Crippen LogP contribution in [0.15, 0.2) is 12.1 Å². The predicted octanol–water partition coefficient (Wildman–Crippen LogP) is 1.57. The molecule has 0 atom stereocenters. The molecule has 0 heterocycles. The van der Waals surface area contributed by atoms with Crippen LogP contribution < -0.4 is 5.48 Å². The van der Waals surface area contributed by atoms with Crippen molar-refractivity contribution >= 4 is 5.97 Å². The number of carbonyl (C=O) groups is 1. The number of rotatable bonds is 4. The van der Waals surface area contributed by atoms with Crippen molar-refractivity contribution in [2.45, 2.75) is 13.5 Å². The lowest BCUT2D eigenvalue weighted by Crippen LogP contribution is -2.14. The summed E-state index contributed by atoms with van der Waals surface area (Å²) in [5.74, 6) is -0.856. The van der Waals surface area contributed by atoms with Crippen molar-refractivity contribution < 1.29 is 18.8 Å². The van der Waals surface area contributed by atoms with Crippen molar-refractivity contribution in [2.24, 2.45) is 0 Å². The molecule has 0 unspecified atom stereocenters. The Labute approximate surface area is 93.3 Å². The molecule has 0 aromatic heterocycles. The summed E-state index contributed by atoms with van der Waals surface area (Å²) >= 11 is 0. The van der Waals surface area contributed by atoms with Crippen LogP contribution in [0.2, 0.25) is 0 Å². The highest BCUT2D eigenvalue weighted by atomic mass is 19.1. The van der Waals surface area contributed by atoms with Crippen LogP contribution in [-0.2, 0) is 16.1 Å². The van der Waals surface area contributed by atoms with Gasteiger partial charge < -0.3 is 9.57 Å². The molecule has 1 rings (SSSR count). The number of benzene rings is 1. The maximum Gasteiger partial charge on any atom is 0.338 e. The second-order valence-electron chi connectivity index (χ2n) is 3.28. The third-order valence-corrected chi connectivity index (χ3v) is 2.21. The molecule has 0 radical (unpaired) electrons. The Morgan fingerprint density at radius 2 is 2.12 bits per heavy atom. The van der Waals surface area contributed by atoms with Gasteiger partial charge in [0, 0.05) is 12.1 Å². The highest BCUT2D eigenvalue weighted by Crippen LogP contribution is 2.16. The lowest BCUT2D eigenvalue weighted by Gasteiger charge is -2.09. The number of halogens is 1. The average Bonchev–Trinajstić information content (AvgIpc) is 2.27. The molecule has 0 aliphatic heterocycles. The molecule has 5 heteroatoms. The summed E-state index contributed by atoms with van der Waals surface area (Å²) in [6, 6.07) is 2.77. The fourth-order valence-corrected chi connectivity index (χ4v) is 1.33. The highest BCUT2D eigenvalue weighted by molar-refractivity contribution is 5.91. The normalized spacial score (nSPS) is 10.2. The van der Waals surface area contributed by atoms with E-state index in [1.54, 1.807) is 6.92 Å². The summed E-state index contributed by atoms with van der Waals surface area (Å²) in [5, 5.41) is 0. The van der Waals surface area contributed by atoms with Gasteiger partial charge in [-0.25, -0.2) is 9.18 Å². The van der Waals surface area contributed by atoms with Gasteiger partial charge in [-0.1, -0.05) is 0 Å². The quantitative estimate of drug-likeness (QED) is 0.626. The van der Waals surface area contributed by atoms with Gasteiger partial charge in [0.2, 0.25) is 0 Å². The molecule has 0 bridgehead atoms. The predicted molar refractivity (Wildman–Crippen MR) is 56.3 cm³/mol. The zero-order chi connectivity index (χ0) is 12.1. The molecule has 1 aromatic carbocycles.